The Morgan fingerprint density at radius 3 is 2.83 bits per heavy atom. The van der Waals surface area contributed by atoms with Crippen molar-refractivity contribution >= 4 is 23.2 Å². The standard InChI is InChI=1S/C26H33N5O4S/c1-18-9-12-29-31(18)16-25(32)30(21-6-4-5-11-27-26(21)33)15-20-7-8-22(23(14-20)34-3)35-13-10-24-19(2)28-17-36-24/h7-9,12,14,17,21H,4-6,10-11,13,15-16H2,1-3H3,(H,27,33)/t21-/m0/s1. The van der Waals surface area contributed by atoms with E-state index in [1.807, 2.05) is 43.6 Å². The van der Waals surface area contributed by atoms with E-state index in [9.17, 15) is 9.59 Å². The number of nitrogens with one attached hydrogen (secondary N) is 1. The second-order valence-electron chi connectivity index (χ2n) is 8.90. The van der Waals surface area contributed by atoms with Gasteiger partial charge in [0.15, 0.2) is 11.5 Å². The lowest BCUT2D eigenvalue weighted by Crippen LogP contribution is -2.49. The van der Waals surface area contributed by atoms with Crippen LogP contribution in [0.15, 0.2) is 36.0 Å². The maximum atomic E-state index is 13.5. The largest absolute Gasteiger partial charge is 0.493 e. The lowest BCUT2D eigenvalue weighted by Gasteiger charge is -2.30. The van der Waals surface area contributed by atoms with E-state index in [1.54, 1.807) is 34.2 Å². The monoisotopic (exact) mass is 511 g/mol. The lowest BCUT2D eigenvalue weighted by molar-refractivity contribution is -0.141. The molecule has 0 aliphatic carbocycles. The molecule has 192 valence electrons. The molecule has 1 saturated heterocycles. The van der Waals surface area contributed by atoms with E-state index in [0.717, 1.165) is 36.2 Å². The SMILES string of the molecule is COc1cc(CN(C(=O)Cn2nccc2C)[C@H]2CCCCNC2=O)ccc1OCCc1scnc1C. The molecule has 0 bridgehead atoms. The molecule has 3 heterocycles. The summed E-state index contributed by atoms with van der Waals surface area (Å²) in [5.41, 5.74) is 4.63. The first-order chi connectivity index (χ1) is 17.5. The van der Waals surface area contributed by atoms with Gasteiger partial charge >= 0.3 is 0 Å². The number of rotatable bonds is 10. The Labute approximate surface area is 215 Å². The Kier molecular flexibility index (Phi) is 8.58. The van der Waals surface area contributed by atoms with Crippen molar-refractivity contribution in [2.24, 2.45) is 0 Å². The fourth-order valence-electron chi connectivity index (χ4n) is 4.32. The van der Waals surface area contributed by atoms with Gasteiger partial charge in [0.1, 0.15) is 12.6 Å². The molecule has 9 nitrogen and oxygen atoms in total. The molecule has 1 fully saturated rings. The normalized spacial score (nSPS) is 15.8. The Morgan fingerprint density at radius 2 is 2.11 bits per heavy atom. The summed E-state index contributed by atoms with van der Waals surface area (Å²) >= 11 is 1.62. The van der Waals surface area contributed by atoms with E-state index >= 15 is 0 Å². The van der Waals surface area contributed by atoms with Gasteiger partial charge in [-0.25, -0.2) is 4.98 Å². The molecule has 10 heteroatoms. The smallest absolute Gasteiger partial charge is 0.245 e. The summed E-state index contributed by atoms with van der Waals surface area (Å²) in [7, 11) is 1.60. The quantitative estimate of drug-likeness (QED) is 0.449. The van der Waals surface area contributed by atoms with E-state index < -0.39 is 6.04 Å². The van der Waals surface area contributed by atoms with Crippen LogP contribution in [0.25, 0.3) is 0 Å². The molecule has 2 amide bonds. The summed E-state index contributed by atoms with van der Waals surface area (Å²) in [6, 6.07) is 6.99. The average Bonchev–Trinajstić information content (AvgIpc) is 3.40. The zero-order chi connectivity index (χ0) is 25.5. The second kappa shape index (κ2) is 12.0. The van der Waals surface area contributed by atoms with Crippen LogP contribution >= 0.6 is 11.3 Å². The van der Waals surface area contributed by atoms with Gasteiger partial charge in [0.05, 0.1) is 24.9 Å². The second-order valence-corrected chi connectivity index (χ2v) is 9.84. The molecule has 0 spiro atoms. The number of aromatic nitrogens is 3. The van der Waals surface area contributed by atoms with Crippen molar-refractivity contribution in [1.82, 2.24) is 25.0 Å². The molecular formula is C26H33N5O4S. The fourth-order valence-corrected chi connectivity index (χ4v) is 5.08. The number of carbonyl (C=O) groups is 2. The van der Waals surface area contributed by atoms with Crippen molar-refractivity contribution < 1.29 is 19.1 Å². The average molecular weight is 512 g/mol. The van der Waals surface area contributed by atoms with Gasteiger partial charge in [-0.2, -0.15) is 5.10 Å². The van der Waals surface area contributed by atoms with Crippen molar-refractivity contribution in [3.63, 3.8) is 0 Å². The molecule has 1 aromatic carbocycles. The van der Waals surface area contributed by atoms with Crippen molar-refractivity contribution in [2.75, 3.05) is 20.3 Å². The lowest BCUT2D eigenvalue weighted by atomic mass is 10.1. The van der Waals surface area contributed by atoms with Crippen LogP contribution in [0.4, 0.5) is 0 Å². The Bertz CT molecular complexity index is 1190. The highest BCUT2D eigenvalue weighted by Crippen LogP contribution is 2.30. The number of aryl methyl sites for hydroxylation is 2. The van der Waals surface area contributed by atoms with Crippen molar-refractivity contribution in [3.05, 3.63) is 57.8 Å². The molecular weight excluding hydrogens is 478 g/mol. The van der Waals surface area contributed by atoms with Gasteiger partial charge in [0.25, 0.3) is 0 Å². The van der Waals surface area contributed by atoms with Crippen LogP contribution in [-0.2, 0) is 29.1 Å². The molecule has 0 unspecified atom stereocenters. The van der Waals surface area contributed by atoms with Crippen molar-refractivity contribution in [3.8, 4) is 11.5 Å². The predicted octanol–water partition coefficient (Wildman–Crippen LogP) is 3.28. The molecule has 36 heavy (non-hydrogen) atoms. The van der Waals surface area contributed by atoms with Crippen LogP contribution in [0.2, 0.25) is 0 Å². The number of nitrogens with zero attached hydrogens (tertiary/aromatic N) is 4. The van der Waals surface area contributed by atoms with Gasteiger partial charge in [0.2, 0.25) is 11.8 Å². The van der Waals surface area contributed by atoms with Gasteiger partial charge in [0, 0.05) is 36.3 Å². The number of hydrogen-bond acceptors (Lipinski definition) is 7. The fraction of sp³-hybridized carbons (Fsp3) is 0.462. The summed E-state index contributed by atoms with van der Waals surface area (Å²) < 4.78 is 13.2. The van der Waals surface area contributed by atoms with E-state index in [4.69, 9.17) is 9.47 Å². The third-order valence-electron chi connectivity index (χ3n) is 6.43. The number of benzene rings is 1. The van der Waals surface area contributed by atoms with Crippen molar-refractivity contribution in [2.45, 2.75) is 58.7 Å². The predicted molar refractivity (Wildman–Crippen MR) is 137 cm³/mol. The van der Waals surface area contributed by atoms with Crippen LogP contribution in [0.1, 0.15) is 41.1 Å². The van der Waals surface area contributed by atoms with E-state index in [0.29, 0.717) is 31.1 Å². The molecule has 1 N–H and O–H groups in total. The number of thiazole rings is 1. The molecule has 1 atom stereocenters. The molecule has 0 saturated carbocycles. The van der Waals surface area contributed by atoms with Crippen molar-refractivity contribution in [1.29, 1.82) is 0 Å². The molecule has 0 radical (unpaired) electrons. The molecule has 1 aliphatic heterocycles. The first kappa shape index (κ1) is 25.7. The van der Waals surface area contributed by atoms with Crippen LogP contribution in [0.5, 0.6) is 11.5 Å². The third-order valence-corrected chi connectivity index (χ3v) is 7.42. The van der Waals surface area contributed by atoms with Gasteiger partial charge in [-0.1, -0.05) is 6.07 Å². The third kappa shape index (κ3) is 6.23. The number of amides is 2. The van der Waals surface area contributed by atoms with Gasteiger partial charge < -0.3 is 19.7 Å². The van der Waals surface area contributed by atoms with E-state index in [2.05, 4.69) is 15.4 Å². The van der Waals surface area contributed by atoms with Crippen LogP contribution < -0.4 is 14.8 Å². The number of ether oxygens (including phenoxy) is 2. The Hall–Kier alpha value is -3.40. The van der Waals surface area contributed by atoms with E-state index in [1.165, 1.54) is 4.88 Å². The topological polar surface area (TPSA) is 98.6 Å². The highest BCUT2D eigenvalue weighted by molar-refractivity contribution is 7.09. The number of hydrogen-bond donors (Lipinski definition) is 1. The Morgan fingerprint density at radius 1 is 1.25 bits per heavy atom. The summed E-state index contributed by atoms with van der Waals surface area (Å²) in [5, 5.41) is 7.20. The summed E-state index contributed by atoms with van der Waals surface area (Å²) in [6.45, 7) is 5.41. The molecule has 2 aromatic heterocycles. The van der Waals surface area contributed by atoms with Gasteiger partial charge in [-0.15, -0.1) is 11.3 Å². The van der Waals surface area contributed by atoms with Gasteiger partial charge in [-0.05, 0) is 56.9 Å². The minimum absolute atomic E-state index is 0.0813. The highest BCUT2D eigenvalue weighted by Gasteiger charge is 2.31. The van der Waals surface area contributed by atoms with Crippen LogP contribution in [-0.4, -0.2) is 57.8 Å². The molecule has 4 rings (SSSR count). The summed E-state index contributed by atoms with van der Waals surface area (Å²) in [6.07, 6.45) is 4.86. The number of methoxy groups -OCH3 is 1. The highest BCUT2D eigenvalue weighted by atomic mass is 32.1. The van der Waals surface area contributed by atoms with Crippen LogP contribution in [0.3, 0.4) is 0 Å². The van der Waals surface area contributed by atoms with Gasteiger partial charge in [-0.3, -0.25) is 14.3 Å². The summed E-state index contributed by atoms with van der Waals surface area (Å²) in [5.74, 6) is 0.973. The maximum Gasteiger partial charge on any atom is 0.245 e. The zero-order valence-corrected chi connectivity index (χ0v) is 21.8. The minimum atomic E-state index is -0.527. The summed E-state index contributed by atoms with van der Waals surface area (Å²) in [4.78, 5) is 33.5. The van der Waals surface area contributed by atoms with Crippen LogP contribution in [0, 0.1) is 13.8 Å². The first-order valence-electron chi connectivity index (χ1n) is 12.2. The number of carbonyl (C=O) groups excluding carboxylic acids is 2. The first-order valence-corrected chi connectivity index (χ1v) is 13.1. The molecule has 1 aliphatic rings. The molecule has 3 aromatic rings. The maximum absolute atomic E-state index is 13.5. The van der Waals surface area contributed by atoms with E-state index in [-0.39, 0.29) is 24.9 Å². The minimum Gasteiger partial charge on any atom is -0.493 e. The zero-order valence-electron chi connectivity index (χ0n) is 21.0. The Balaban J connectivity index is 1.50.